The van der Waals surface area contributed by atoms with E-state index in [-0.39, 0.29) is 30.2 Å². The molecule has 1 aliphatic rings. The fourth-order valence-electron chi connectivity index (χ4n) is 2.47. The van der Waals surface area contributed by atoms with Crippen molar-refractivity contribution in [3.05, 3.63) is 35.6 Å². The zero-order valence-electron chi connectivity index (χ0n) is 13.0. The number of amides is 1. The molecule has 0 aliphatic carbocycles. The van der Waals surface area contributed by atoms with Crippen molar-refractivity contribution in [2.24, 2.45) is 0 Å². The third-order valence-corrected chi connectivity index (χ3v) is 4.89. The van der Waals surface area contributed by atoms with Crippen LogP contribution in [0.15, 0.2) is 24.3 Å². The summed E-state index contributed by atoms with van der Waals surface area (Å²) < 4.78 is 13.9. The van der Waals surface area contributed by atoms with Crippen LogP contribution < -0.4 is 10.6 Å². The molecule has 0 bridgehead atoms. The maximum absolute atomic E-state index is 13.9. The van der Waals surface area contributed by atoms with Gasteiger partial charge in [-0.05, 0) is 11.6 Å². The molecule has 1 aromatic rings. The number of hydrogen-bond donors (Lipinski definition) is 2. The molecule has 0 radical (unpaired) electrons. The van der Waals surface area contributed by atoms with Gasteiger partial charge in [0.25, 0.3) is 0 Å². The second-order valence-electron chi connectivity index (χ2n) is 6.07. The maximum atomic E-state index is 13.9. The lowest BCUT2D eigenvalue weighted by Crippen LogP contribution is -2.43. The molecular weight excluding hydrogens is 323 g/mol. The van der Waals surface area contributed by atoms with Gasteiger partial charge >= 0.3 is 0 Å². The Kier molecular flexibility index (Phi) is 7.66. The van der Waals surface area contributed by atoms with Crippen molar-refractivity contribution < 1.29 is 9.18 Å². The predicted octanol–water partition coefficient (Wildman–Crippen LogP) is 2.74. The van der Waals surface area contributed by atoms with Crippen LogP contribution in [-0.4, -0.2) is 36.5 Å². The molecule has 1 amide bonds. The van der Waals surface area contributed by atoms with Crippen molar-refractivity contribution in [1.82, 2.24) is 10.6 Å². The first kappa shape index (κ1) is 19.3. The molecule has 124 valence electrons. The first-order valence-corrected chi connectivity index (χ1v) is 8.47. The molecule has 1 heterocycles. The van der Waals surface area contributed by atoms with Gasteiger partial charge in [-0.1, -0.05) is 32.0 Å². The standard InChI is InChI=1S/C16H23FN2OS.ClH/c1-16(2,13-5-3-4-6-14(13)17)11-19-15(20)9-12-10-21-8-7-18-12;/h3-6,12,18H,7-11H2,1-2H3,(H,19,20);1H. The molecule has 0 spiro atoms. The van der Waals surface area contributed by atoms with Crippen LogP contribution in [0.5, 0.6) is 0 Å². The van der Waals surface area contributed by atoms with Crippen molar-refractivity contribution in [3.63, 3.8) is 0 Å². The largest absolute Gasteiger partial charge is 0.355 e. The second-order valence-corrected chi connectivity index (χ2v) is 7.22. The van der Waals surface area contributed by atoms with Crippen molar-refractivity contribution in [3.8, 4) is 0 Å². The lowest BCUT2D eigenvalue weighted by atomic mass is 9.84. The quantitative estimate of drug-likeness (QED) is 0.861. The summed E-state index contributed by atoms with van der Waals surface area (Å²) >= 11 is 1.88. The minimum absolute atomic E-state index is 0. The number of carbonyl (C=O) groups excluding carboxylic acids is 1. The van der Waals surface area contributed by atoms with Crippen LogP contribution in [-0.2, 0) is 10.2 Å². The Labute approximate surface area is 142 Å². The molecule has 1 unspecified atom stereocenters. The fourth-order valence-corrected chi connectivity index (χ4v) is 3.42. The Morgan fingerprint density at radius 3 is 2.82 bits per heavy atom. The highest BCUT2D eigenvalue weighted by Crippen LogP contribution is 2.24. The van der Waals surface area contributed by atoms with E-state index in [1.165, 1.54) is 6.07 Å². The predicted molar refractivity (Wildman–Crippen MR) is 93.4 cm³/mol. The van der Waals surface area contributed by atoms with Gasteiger partial charge in [0.05, 0.1) is 0 Å². The molecular formula is C16H24ClFN2OS. The van der Waals surface area contributed by atoms with Gasteiger partial charge in [-0.3, -0.25) is 4.79 Å². The Morgan fingerprint density at radius 2 is 2.18 bits per heavy atom. The van der Waals surface area contributed by atoms with Crippen molar-refractivity contribution in [2.75, 3.05) is 24.6 Å². The zero-order valence-corrected chi connectivity index (χ0v) is 14.7. The SMILES string of the molecule is CC(C)(CNC(=O)CC1CSCCN1)c1ccccc1F.Cl. The number of halogens is 2. The number of rotatable bonds is 5. The van der Waals surface area contributed by atoms with Crippen molar-refractivity contribution in [1.29, 1.82) is 0 Å². The maximum Gasteiger partial charge on any atom is 0.221 e. The van der Waals surface area contributed by atoms with E-state index in [0.717, 1.165) is 18.1 Å². The molecule has 3 nitrogen and oxygen atoms in total. The van der Waals surface area contributed by atoms with Gasteiger partial charge in [0.1, 0.15) is 5.82 Å². The van der Waals surface area contributed by atoms with Crippen LogP contribution >= 0.6 is 24.2 Å². The number of nitrogens with one attached hydrogen (secondary N) is 2. The van der Waals surface area contributed by atoms with Crippen LogP contribution in [0.4, 0.5) is 4.39 Å². The van der Waals surface area contributed by atoms with E-state index in [0.29, 0.717) is 18.5 Å². The summed E-state index contributed by atoms with van der Waals surface area (Å²) in [5.74, 6) is 1.89. The summed E-state index contributed by atoms with van der Waals surface area (Å²) in [7, 11) is 0. The zero-order chi connectivity index (χ0) is 15.3. The Hall–Kier alpha value is -0.780. The van der Waals surface area contributed by atoms with Gasteiger partial charge in [0.15, 0.2) is 0 Å². The van der Waals surface area contributed by atoms with Gasteiger partial charge in [0.2, 0.25) is 5.91 Å². The smallest absolute Gasteiger partial charge is 0.221 e. The minimum atomic E-state index is -0.421. The molecule has 1 fully saturated rings. The first-order chi connectivity index (χ1) is 9.99. The summed E-state index contributed by atoms with van der Waals surface area (Å²) in [5, 5.41) is 6.29. The van der Waals surface area contributed by atoms with E-state index in [1.54, 1.807) is 12.1 Å². The second kappa shape index (κ2) is 8.75. The molecule has 6 heteroatoms. The number of hydrogen-bond acceptors (Lipinski definition) is 3. The average Bonchev–Trinajstić information content (AvgIpc) is 2.47. The van der Waals surface area contributed by atoms with Crippen molar-refractivity contribution >= 4 is 30.1 Å². The molecule has 22 heavy (non-hydrogen) atoms. The highest BCUT2D eigenvalue weighted by Gasteiger charge is 2.25. The summed E-state index contributed by atoms with van der Waals surface area (Å²) in [6, 6.07) is 6.99. The van der Waals surface area contributed by atoms with Gasteiger partial charge in [-0.25, -0.2) is 4.39 Å². The molecule has 1 saturated heterocycles. The number of thioether (sulfide) groups is 1. The number of carbonyl (C=O) groups is 1. The highest BCUT2D eigenvalue weighted by atomic mass is 35.5. The fraction of sp³-hybridized carbons (Fsp3) is 0.562. The van der Waals surface area contributed by atoms with Gasteiger partial charge in [0, 0.05) is 42.5 Å². The Bertz CT molecular complexity index is 493. The third-order valence-electron chi connectivity index (χ3n) is 3.76. The monoisotopic (exact) mass is 346 g/mol. The number of benzene rings is 1. The molecule has 2 N–H and O–H groups in total. The molecule has 1 aliphatic heterocycles. The first-order valence-electron chi connectivity index (χ1n) is 7.32. The van der Waals surface area contributed by atoms with Crippen LogP contribution in [0.1, 0.15) is 25.8 Å². The summed E-state index contributed by atoms with van der Waals surface area (Å²) in [4.78, 5) is 12.0. The third kappa shape index (κ3) is 5.45. The van der Waals surface area contributed by atoms with E-state index in [1.807, 2.05) is 31.7 Å². The van der Waals surface area contributed by atoms with E-state index in [9.17, 15) is 9.18 Å². The Balaban J connectivity index is 0.00000242. The highest BCUT2D eigenvalue weighted by molar-refractivity contribution is 7.99. The molecule has 0 saturated carbocycles. The normalized spacial score (nSPS) is 18.4. The van der Waals surface area contributed by atoms with Gasteiger partial charge < -0.3 is 10.6 Å². The van der Waals surface area contributed by atoms with E-state index >= 15 is 0 Å². The van der Waals surface area contributed by atoms with Crippen LogP contribution in [0.2, 0.25) is 0 Å². The topological polar surface area (TPSA) is 41.1 Å². The van der Waals surface area contributed by atoms with Gasteiger partial charge in [-0.15, -0.1) is 12.4 Å². The molecule has 1 atom stereocenters. The minimum Gasteiger partial charge on any atom is -0.355 e. The van der Waals surface area contributed by atoms with Crippen LogP contribution in [0, 0.1) is 5.82 Å². The van der Waals surface area contributed by atoms with Crippen LogP contribution in [0.3, 0.4) is 0 Å². The lowest BCUT2D eigenvalue weighted by Gasteiger charge is -2.27. The van der Waals surface area contributed by atoms with E-state index in [2.05, 4.69) is 10.6 Å². The average molecular weight is 347 g/mol. The van der Waals surface area contributed by atoms with Crippen molar-refractivity contribution in [2.45, 2.75) is 31.7 Å². The van der Waals surface area contributed by atoms with E-state index in [4.69, 9.17) is 0 Å². The summed E-state index contributed by atoms with van der Waals surface area (Å²) in [5.41, 5.74) is 0.215. The summed E-state index contributed by atoms with van der Waals surface area (Å²) in [6.45, 7) is 5.29. The molecule has 2 rings (SSSR count). The van der Waals surface area contributed by atoms with Crippen LogP contribution in [0.25, 0.3) is 0 Å². The molecule has 0 aromatic heterocycles. The molecule has 1 aromatic carbocycles. The lowest BCUT2D eigenvalue weighted by molar-refractivity contribution is -0.121. The van der Waals surface area contributed by atoms with E-state index < -0.39 is 5.41 Å². The van der Waals surface area contributed by atoms with Gasteiger partial charge in [-0.2, -0.15) is 11.8 Å². The Morgan fingerprint density at radius 1 is 1.45 bits per heavy atom. The summed E-state index contributed by atoms with van der Waals surface area (Å²) in [6.07, 6.45) is 0.486.